The van der Waals surface area contributed by atoms with E-state index in [0.29, 0.717) is 36.6 Å². The third-order valence-electron chi connectivity index (χ3n) is 4.14. The van der Waals surface area contributed by atoms with Crippen LogP contribution in [0.15, 0.2) is 41.3 Å². The Kier molecular flexibility index (Phi) is 4.60. The molecule has 138 valence electrons. The Balaban J connectivity index is 1.41. The maximum atomic E-state index is 12.4. The molecule has 0 unspecified atom stereocenters. The quantitative estimate of drug-likeness (QED) is 0.726. The van der Waals surface area contributed by atoms with Crippen molar-refractivity contribution in [2.75, 3.05) is 41.3 Å². The third kappa shape index (κ3) is 3.84. The van der Waals surface area contributed by atoms with Gasteiger partial charge in [-0.15, -0.1) is 0 Å². The van der Waals surface area contributed by atoms with Crippen LogP contribution in [0, 0.1) is 6.92 Å². The summed E-state index contributed by atoms with van der Waals surface area (Å²) in [5, 5.41) is 6.41. The van der Waals surface area contributed by atoms with E-state index < -0.39 is 0 Å². The Hall–Kier alpha value is -3.56. The lowest BCUT2D eigenvalue weighted by atomic mass is 10.3. The molecule has 0 aliphatic carbocycles. The summed E-state index contributed by atoms with van der Waals surface area (Å²) >= 11 is 0. The van der Waals surface area contributed by atoms with Gasteiger partial charge >= 0.3 is 0 Å². The number of aromatic nitrogens is 5. The van der Waals surface area contributed by atoms with E-state index in [4.69, 9.17) is 4.52 Å². The van der Waals surface area contributed by atoms with E-state index in [1.807, 2.05) is 4.90 Å². The first-order chi connectivity index (χ1) is 13.2. The number of nitrogens with one attached hydrogen (secondary N) is 1. The molecule has 1 saturated heterocycles. The minimum Gasteiger partial charge on any atom is -0.360 e. The maximum absolute atomic E-state index is 12.4. The van der Waals surface area contributed by atoms with E-state index in [1.165, 1.54) is 0 Å². The van der Waals surface area contributed by atoms with Crippen LogP contribution in [-0.4, -0.2) is 57.2 Å². The average Bonchev–Trinajstić information content (AvgIpc) is 3.13. The Bertz CT molecular complexity index is 921. The fourth-order valence-corrected chi connectivity index (χ4v) is 2.79. The molecule has 3 aromatic rings. The Labute approximate surface area is 155 Å². The number of hydrogen-bond acceptors (Lipinski definition) is 9. The lowest BCUT2D eigenvalue weighted by molar-refractivity contribution is 0.102. The van der Waals surface area contributed by atoms with Gasteiger partial charge < -0.3 is 19.6 Å². The zero-order valence-electron chi connectivity index (χ0n) is 14.7. The molecule has 1 amide bonds. The normalized spacial score (nSPS) is 14.3. The van der Waals surface area contributed by atoms with Crippen molar-refractivity contribution in [2.24, 2.45) is 0 Å². The molecular formula is C17H18N8O2. The van der Waals surface area contributed by atoms with Gasteiger partial charge in [-0.1, -0.05) is 5.16 Å². The van der Waals surface area contributed by atoms with E-state index in [2.05, 4.69) is 35.3 Å². The summed E-state index contributed by atoms with van der Waals surface area (Å²) in [5.74, 6) is 1.85. The number of carbonyl (C=O) groups excluding carboxylic acids is 1. The average molecular weight is 366 g/mol. The first-order valence-corrected chi connectivity index (χ1v) is 8.54. The second-order valence-electron chi connectivity index (χ2n) is 6.04. The molecule has 0 aromatic carbocycles. The molecule has 10 heteroatoms. The SMILES string of the molecule is Cc1cc(NC(=O)c2ccnc(N3CCN(c4ncccn4)CC3)n2)no1. The van der Waals surface area contributed by atoms with Gasteiger partial charge in [-0.25, -0.2) is 19.9 Å². The molecule has 4 rings (SSSR count). The molecule has 1 aliphatic rings. The van der Waals surface area contributed by atoms with Crippen molar-refractivity contribution in [1.29, 1.82) is 0 Å². The molecule has 3 aromatic heterocycles. The first-order valence-electron chi connectivity index (χ1n) is 8.54. The van der Waals surface area contributed by atoms with Crippen molar-refractivity contribution in [1.82, 2.24) is 25.1 Å². The van der Waals surface area contributed by atoms with Gasteiger partial charge in [-0.3, -0.25) is 4.79 Å². The molecule has 4 heterocycles. The highest BCUT2D eigenvalue weighted by atomic mass is 16.5. The monoisotopic (exact) mass is 366 g/mol. The fourth-order valence-electron chi connectivity index (χ4n) is 2.79. The Morgan fingerprint density at radius 1 is 1.04 bits per heavy atom. The molecule has 10 nitrogen and oxygen atoms in total. The minimum absolute atomic E-state index is 0.273. The van der Waals surface area contributed by atoms with E-state index in [0.717, 1.165) is 13.1 Å². The summed E-state index contributed by atoms with van der Waals surface area (Å²) in [6, 6.07) is 5.01. The van der Waals surface area contributed by atoms with Gasteiger partial charge in [0.15, 0.2) is 5.82 Å². The standard InChI is InChI=1S/C17H18N8O2/c1-12-11-14(23-27-12)22-15(26)13-3-6-20-17(21-13)25-9-7-24(8-10-25)16-18-4-2-5-19-16/h2-6,11H,7-10H2,1H3,(H,22,23,26). The van der Waals surface area contributed by atoms with Gasteiger partial charge in [0.25, 0.3) is 5.91 Å². The van der Waals surface area contributed by atoms with Gasteiger partial charge in [0.05, 0.1) is 0 Å². The molecule has 1 aliphatic heterocycles. The van der Waals surface area contributed by atoms with Gasteiger partial charge in [-0.2, -0.15) is 0 Å². The molecule has 0 atom stereocenters. The molecule has 27 heavy (non-hydrogen) atoms. The minimum atomic E-state index is -0.358. The zero-order valence-corrected chi connectivity index (χ0v) is 14.7. The van der Waals surface area contributed by atoms with Crippen LogP contribution in [0.2, 0.25) is 0 Å². The lowest BCUT2D eigenvalue weighted by Crippen LogP contribution is -2.47. The van der Waals surface area contributed by atoms with Crippen molar-refractivity contribution in [3.05, 3.63) is 48.2 Å². The van der Waals surface area contributed by atoms with E-state index in [9.17, 15) is 4.79 Å². The van der Waals surface area contributed by atoms with E-state index >= 15 is 0 Å². The van der Waals surface area contributed by atoms with Crippen molar-refractivity contribution in [2.45, 2.75) is 6.92 Å². The number of nitrogens with zero attached hydrogens (tertiary/aromatic N) is 7. The van der Waals surface area contributed by atoms with Gasteiger partial charge in [0.1, 0.15) is 11.5 Å². The van der Waals surface area contributed by atoms with Crippen LogP contribution in [0.4, 0.5) is 17.7 Å². The number of aryl methyl sites for hydroxylation is 1. The van der Waals surface area contributed by atoms with E-state index in [1.54, 1.807) is 43.7 Å². The van der Waals surface area contributed by atoms with Gasteiger partial charge in [0, 0.05) is 50.8 Å². The Morgan fingerprint density at radius 2 is 1.70 bits per heavy atom. The molecule has 0 spiro atoms. The molecule has 0 saturated carbocycles. The second kappa shape index (κ2) is 7.36. The largest absolute Gasteiger partial charge is 0.360 e. The van der Waals surface area contributed by atoms with E-state index in [-0.39, 0.29) is 11.6 Å². The van der Waals surface area contributed by atoms with Crippen LogP contribution >= 0.6 is 0 Å². The lowest BCUT2D eigenvalue weighted by Gasteiger charge is -2.34. The summed E-state index contributed by atoms with van der Waals surface area (Å²) in [6.07, 6.45) is 5.05. The van der Waals surface area contributed by atoms with Crippen LogP contribution < -0.4 is 15.1 Å². The molecular weight excluding hydrogens is 348 g/mol. The summed E-state index contributed by atoms with van der Waals surface area (Å²) in [6.45, 7) is 4.69. The van der Waals surface area contributed by atoms with Crippen molar-refractivity contribution < 1.29 is 9.32 Å². The van der Waals surface area contributed by atoms with Gasteiger partial charge in [-0.05, 0) is 19.1 Å². The fraction of sp³-hybridized carbons (Fsp3) is 0.294. The number of rotatable bonds is 4. The van der Waals surface area contributed by atoms with Crippen molar-refractivity contribution in [3.63, 3.8) is 0 Å². The Morgan fingerprint density at radius 3 is 2.37 bits per heavy atom. The maximum Gasteiger partial charge on any atom is 0.275 e. The smallest absolute Gasteiger partial charge is 0.275 e. The number of anilines is 3. The summed E-state index contributed by atoms with van der Waals surface area (Å²) in [5.41, 5.74) is 0.273. The second-order valence-corrected chi connectivity index (χ2v) is 6.04. The van der Waals surface area contributed by atoms with Crippen LogP contribution in [0.1, 0.15) is 16.2 Å². The zero-order chi connectivity index (χ0) is 18.6. The molecule has 0 bridgehead atoms. The van der Waals surface area contributed by atoms with Crippen LogP contribution in [0.5, 0.6) is 0 Å². The highest BCUT2D eigenvalue weighted by Gasteiger charge is 2.21. The van der Waals surface area contributed by atoms with Crippen LogP contribution in [-0.2, 0) is 0 Å². The predicted molar refractivity (Wildman–Crippen MR) is 97.7 cm³/mol. The van der Waals surface area contributed by atoms with Crippen molar-refractivity contribution >= 4 is 23.6 Å². The van der Waals surface area contributed by atoms with Crippen molar-refractivity contribution in [3.8, 4) is 0 Å². The summed E-state index contributed by atoms with van der Waals surface area (Å²) < 4.78 is 4.95. The summed E-state index contributed by atoms with van der Waals surface area (Å²) in [4.78, 5) is 33.8. The van der Waals surface area contributed by atoms with Gasteiger partial charge in [0.2, 0.25) is 11.9 Å². The topological polar surface area (TPSA) is 113 Å². The molecule has 1 N–H and O–H groups in total. The number of amides is 1. The number of piperazine rings is 1. The highest BCUT2D eigenvalue weighted by Crippen LogP contribution is 2.15. The highest BCUT2D eigenvalue weighted by molar-refractivity contribution is 6.02. The third-order valence-corrected chi connectivity index (χ3v) is 4.14. The number of hydrogen-bond donors (Lipinski definition) is 1. The number of carbonyl (C=O) groups is 1. The first kappa shape index (κ1) is 16.9. The molecule has 0 radical (unpaired) electrons. The summed E-state index contributed by atoms with van der Waals surface area (Å²) in [7, 11) is 0. The predicted octanol–water partition coefficient (Wildman–Crippen LogP) is 1.14. The molecule has 1 fully saturated rings. The van der Waals surface area contributed by atoms with Crippen LogP contribution in [0.3, 0.4) is 0 Å². The van der Waals surface area contributed by atoms with Crippen LogP contribution in [0.25, 0.3) is 0 Å².